The molecule has 0 aliphatic heterocycles. The topological polar surface area (TPSA) is 102 Å². The van der Waals surface area contributed by atoms with E-state index in [1.807, 2.05) is 12.1 Å². The summed E-state index contributed by atoms with van der Waals surface area (Å²) < 4.78 is 6.57. The van der Waals surface area contributed by atoms with E-state index in [9.17, 15) is 4.79 Å². The van der Waals surface area contributed by atoms with Crippen LogP contribution in [0.3, 0.4) is 0 Å². The number of nitrogens with zero attached hydrogens (tertiary/aromatic N) is 2. The molecule has 4 N–H and O–H groups in total. The van der Waals surface area contributed by atoms with E-state index < -0.39 is 5.91 Å². The summed E-state index contributed by atoms with van der Waals surface area (Å²) in [6, 6.07) is 13.9. The third kappa shape index (κ3) is 4.22. The summed E-state index contributed by atoms with van der Waals surface area (Å²) in [7, 11) is 0. The van der Waals surface area contributed by atoms with Crippen LogP contribution in [0.2, 0.25) is 5.02 Å². The number of hydrazine groups is 1. The Morgan fingerprint density at radius 1 is 1.12 bits per heavy atom. The van der Waals surface area contributed by atoms with Crippen LogP contribution in [-0.2, 0) is 0 Å². The van der Waals surface area contributed by atoms with Gasteiger partial charge in [-0.1, -0.05) is 39.7 Å². The Hall–Kier alpha value is -2.84. The van der Waals surface area contributed by atoms with Crippen LogP contribution in [0.15, 0.2) is 59.3 Å². The molecule has 0 aliphatic rings. The van der Waals surface area contributed by atoms with E-state index in [2.05, 4.69) is 36.7 Å². The third-order valence-corrected chi connectivity index (χ3v) is 4.15. The van der Waals surface area contributed by atoms with Gasteiger partial charge >= 0.3 is 0 Å². The van der Waals surface area contributed by atoms with Crippen molar-refractivity contribution in [3.8, 4) is 11.6 Å². The molecule has 7 nitrogen and oxygen atoms in total. The molecule has 0 atom stereocenters. The zero-order valence-corrected chi connectivity index (χ0v) is 15.6. The smallest absolute Gasteiger partial charge is 0.271 e. The Morgan fingerprint density at radius 3 is 2.58 bits per heavy atom. The molecule has 3 aromatic rings. The second-order valence-corrected chi connectivity index (χ2v) is 6.38. The fraction of sp³-hybridized carbons (Fsp3) is 0. The molecule has 0 fully saturated rings. The van der Waals surface area contributed by atoms with Crippen LogP contribution in [0.1, 0.15) is 10.4 Å². The van der Waals surface area contributed by atoms with Crippen LogP contribution < -0.4 is 21.3 Å². The third-order valence-electron chi connectivity index (χ3n) is 3.29. The Kier molecular flexibility index (Phi) is 5.55. The normalized spacial score (nSPS) is 10.2. The number of hydrogen-bond acceptors (Lipinski definition) is 6. The van der Waals surface area contributed by atoms with Gasteiger partial charge in [0.25, 0.3) is 5.91 Å². The van der Waals surface area contributed by atoms with E-state index in [-0.39, 0.29) is 17.4 Å². The SMILES string of the molecule is Nc1c(NNC(=O)c2ccccc2Cl)ncnc1Oc1ccc(Br)cc1. The number of hydrogen-bond donors (Lipinski definition) is 3. The average Bonchev–Trinajstić information content (AvgIpc) is 2.64. The number of halogens is 2. The first-order valence-corrected chi connectivity index (χ1v) is 8.56. The van der Waals surface area contributed by atoms with Gasteiger partial charge in [0.2, 0.25) is 5.88 Å². The van der Waals surface area contributed by atoms with E-state index in [1.165, 1.54) is 6.33 Å². The second kappa shape index (κ2) is 8.03. The molecule has 1 heterocycles. The van der Waals surface area contributed by atoms with Crippen molar-refractivity contribution in [2.45, 2.75) is 0 Å². The van der Waals surface area contributed by atoms with E-state index >= 15 is 0 Å². The van der Waals surface area contributed by atoms with Crippen LogP contribution in [-0.4, -0.2) is 15.9 Å². The molecule has 0 radical (unpaired) electrons. The van der Waals surface area contributed by atoms with Crippen molar-refractivity contribution in [1.29, 1.82) is 0 Å². The highest BCUT2D eigenvalue weighted by Crippen LogP contribution is 2.29. The molecule has 0 saturated carbocycles. The minimum atomic E-state index is -0.427. The van der Waals surface area contributed by atoms with Crippen molar-refractivity contribution < 1.29 is 9.53 Å². The molecule has 3 rings (SSSR count). The Morgan fingerprint density at radius 2 is 1.85 bits per heavy atom. The average molecular weight is 435 g/mol. The summed E-state index contributed by atoms with van der Waals surface area (Å²) in [5.41, 5.74) is 11.6. The molecule has 132 valence electrons. The minimum Gasteiger partial charge on any atom is -0.437 e. The Labute approximate surface area is 162 Å². The number of carbonyl (C=O) groups excluding carboxylic acids is 1. The van der Waals surface area contributed by atoms with Crippen LogP contribution >= 0.6 is 27.5 Å². The number of nitrogen functional groups attached to an aromatic ring is 1. The van der Waals surface area contributed by atoms with Gasteiger partial charge in [0, 0.05) is 4.47 Å². The maximum absolute atomic E-state index is 12.2. The number of amides is 1. The van der Waals surface area contributed by atoms with Crippen LogP contribution in [0.5, 0.6) is 11.6 Å². The molecule has 26 heavy (non-hydrogen) atoms. The fourth-order valence-corrected chi connectivity index (χ4v) is 2.49. The highest BCUT2D eigenvalue weighted by Gasteiger charge is 2.13. The largest absolute Gasteiger partial charge is 0.437 e. The summed E-state index contributed by atoms with van der Waals surface area (Å²) in [4.78, 5) is 20.2. The van der Waals surface area contributed by atoms with E-state index in [0.29, 0.717) is 16.3 Å². The van der Waals surface area contributed by atoms with Crippen LogP contribution in [0.25, 0.3) is 0 Å². The monoisotopic (exact) mass is 433 g/mol. The number of rotatable bonds is 5. The lowest BCUT2D eigenvalue weighted by atomic mass is 10.2. The van der Waals surface area contributed by atoms with Gasteiger partial charge in [0.05, 0.1) is 10.6 Å². The number of anilines is 2. The Bertz CT molecular complexity index is 937. The molecule has 9 heteroatoms. The summed E-state index contributed by atoms with van der Waals surface area (Å²) in [6.07, 6.45) is 1.27. The molecule has 0 spiro atoms. The zero-order chi connectivity index (χ0) is 18.5. The van der Waals surface area contributed by atoms with Crippen molar-refractivity contribution in [2.24, 2.45) is 0 Å². The summed E-state index contributed by atoms with van der Waals surface area (Å²) in [5.74, 6) is 0.498. The molecule has 1 aromatic heterocycles. The lowest BCUT2D eigenvalue weighted by Crippen LogP contribution is -2.30. The van der Waals surface area contributed by atoms with Gasteiger partial charge in [-0.2, -0.15) is 4.98 Å². The number of nitrogens with two attached hydrogens (primary N) is 1. The van der Waals surface area contributed by atoms with Crippen LogP contribution in [0.4, 0.5) is 11.5 Å². The van der Waals surface area contributed by atoms with E-state index in [1.54, 1.807) is 36.4 Å². The highest BCUT2D eigenvalue weighted by molar-refractivity contribution is 9.10. The van der Waals surface area contributed by atoms with Gasteiger partial charge in [-0.3, -0.25) is 15.6 Å². The van der Waals surface area contributed by atoms with Crippen LogP contribution in [0, 0.1) is 0 Å². The van der Waals surface area contributed by atoms with Gasteiger partial charge in [0.1, 0.15) is 17.8 Å². The number of nitrogens with one attached hydrogen (secondary N) is 2. The molecule has 0 saturated heterocycles. The maximum atomic E-state index is 12.2. The summed E-state index contributed by atoms with van der Waals surface area (Å²) in [6.45, 7) is 0. The predicted octanol–water partition coefficient (Wildman–Crippen LogP) is 4.02. The van der Waals surface area contributed by atoms with Crippen molar-refractivity contribution in [3.63, 3.8) is 0 Å². The van der Waals surface area contributed by atoms with Gasteiger partial charge in [-0.25, -0.2) is 4.98 Å². The molecule has 0 unspecified atom stereocenters. The molecule has 1 amide bonds. The van der Waals surface area contributed by atoms with Gasteiger partial charge in [-0.15, -0.1) is 0 Å². The molecular formula is C17H13BrClN5O2. The summed E-state index contributed by atoms with van der Waals surface area (Å²) in [5, 5.41) is 0.335. The second-order valence-electron chi connectivity index (χ2n) is 5.06. The first-order chi connectivity index (χ1) is 12.5. The first kappa shape index (κ1) is 18.0. The number of ether oxygens (including phenoxy) is 1. The first-order valence-electron chi connectivity index (χ1n) is 7.39. The maximum Gasteiger partial charge on any atom is 0.271 e. The van der Waals surface area contributed by atoms with E-state index in [4.69, 9.17) is 22.1 Å². The lowest BCUT2D eigenvalue weighted by molar-refractivity contribution is 0.0962. The van der Waals surface area contributed by atoms with Crippen molar-refractivity contribution in [1.82, 2.24) is 15.4 Å². The van der Waals surface area contributed by atoms with Crippen molar-refractivity contribution >= 4 is 44.9 Å². The zero-order valence-electron chi connectivity index (χ0n) is 13.2. The molecule has 2 aromatic carbocycles. The predicted molar refractivity (Wildman–Crippen MR) is 103 cm³/mol. The van der Waals surface area contributed by atoms with E-state index in [0.717, 1.165) is 4.47 Å². The van der Waals surface area contributed by atoms with Gasteiger partial charge < -0.3 is 10.5 Å². The molecule has 0 bridgehead atoms. The lowest BCUT2D eigenvalue weighted by Gasteiger charge is -2.13. The number of aromatic nitrogens is 2. The minimum absolute atomic E-state index is 0.148. The quantitative estimate of drug-likeness (QED) is 0.524. The Balaban J connectivity index is 1.72. The van der Waals surface area contributed by atoms with Gasteiger partial charge in [-0.05, 0) is 36.4 Å². The molecule has 0 aliphatic carbocycles. The summed E-state index contributed by atoms with van der Waals surface area (Å²) >= 11 is 9.35. The van der Waals surface area contributed by atoms with Crippen molar-refractivity contribution in [3.05, 3.63) is 69.9 Å². The van der Waals surface area contributed by atoms with Crippen molar-refractivity contribution in [2.75, 3.05) is 11.2 Å². The number of carbonyl (C=O) groups is 1. The van der Waals surface area contributed by atoms with Gasteiger partial charge in [0.15, 0.2) is 5.82 Å². The standard InChI is InChI=1S/C17H13BrClN5O2/c18-10-5-7-11(8-6-10)26-17-14(20)15(21-9-22-17)23-24-16(25)12-3-1-2-4-13(12)19/h1-9H,20H2,(H,24,25)(H,21,22,23). The number of benzene rings is 2. The highest BCUT2D eigenvalue weighted by atomic mass is 79.9. The fourth-order valence-electron chi connectivity index (χ4n) is 2.00. The molecular weight excluding hydrogens is 422 g/mol.